The normalized spacial score (nSPS) is 14.7. The quantitative estimate of drug-likeness (QED) is 0.507. The van der Waals surface area contributed by atoms with E-state index in [1.807, 2.05) is 0 Å². The molecular weight excluding hydrogens is 170 g/mol. The summed E-state index contributed by atoms with van der Waals surface area (Å²) >= 11 is 0. The molecule has 0 radical (unpaired) electrons. The number of likely N-dealkylation sites (N-methyl/N-ethyl adjacent to an activating group) is 1. The molecule has 5 nitrogen and oxygen atoms in total. The van der Waals surface area contributed by atoms with Crippen molar-refractivity contribution in [3.05, 3.63) is 0 Å². The topological polar surface area (TPSA) is 84.2 Å². The Morgan fingerprint density at radius 2 is 1.92 bits per heavy atom. The van der Waals surface area contributed by atoms with Gasteiger partial charge in [0.1, 0.15) is 0 Å². The van der Waals surface area contributed by atoms with Crippen molar-refractivity contribution in [2.24, 2.45) is 11.7 Å². The molecule has 0 saturated carbocycles. The van der Waals surface area contributed by atoms with Crippen LogP contribution in [0.25, 0.3) is 0 Å². The zero-order valence-electron chi connectivity index (χ0n) is 8.26. The van der Waals surface area contributed by atoms with Gasteiger partial charge in [-0.25, -0.2) is 0 Å². The maximum atomic E-state index is 11.0. The van der Waals surface area contributed by atoms with Gasteiger partial charge in [0.05, 0.1) is 6.04 Å². The lowest BCUT2D eigenvalue weighted by molar-refractivity contribution is -0.124. The molecular formula is C8H17N3O2. The second-order valence-corrected chi connectivity index (χ2v) is 3.05. The van der Waals surface area contributed by atoms with Crippen LogP contribution in [0.15, 0.2) is 0 Å². The van der Waals surface area contributed by atoms with E-state index in [4.69, 9.17) is 5.73 Å². The number of hydrogen-bond acceptors (Lipinski definition) is 3. The van der Waals surface area contributed by atoms with Gasteiger partial charge in [-0.1, -0.05) is 6.92 Å². The number of amides is 2. The fourth-order valence-electron chi connectivity index (χ4n) is 0.763. The molecule has 0 aliphatic rings. The fraction of sp³-hybridized carbons (Fsp3) is 0.750. The number of rotatable bonds is 5. The van der Waals surface area contributed by atoms with E-state index in [-0.39, 0.29) is 23.8 Å². The number of carbonyl (C=O) groups is 2. The van der Waals surface area contributed by atoms with Gasteiger partial charge in [-0.15, -0.1) is 0 Å². The van der Waals surface area contributed by atoms with Gasteiger partial charge in [0, 0.05) is 19.5 Å². The molecule has 0 aromatic heterocycles. The van der Waals surface area contributed by atoms with E-state index in [0.29, 0.717) is 6.54 Å². The summed E-state index contributed by atoms with van der Waals surface area (Å²) in [6.07, 6.45) is 0. The smallest absolute Gasteiger partial charge is 0.236 e. The van der Waals surface area contributed by atoms with Crippen molar-refractivity contribution in [2.75, 3.05) is 13.6 Å². The first-order chi connectivity index (χ1) is 5.99. The summed E-state index contributed by atoms with van der Waals surface area (Å²) in [6, 6.07) is -0.299. The van der Waals surface area contributed by atoms with Crippen LogP contribution in [0.2, 0.25) is 0 Å². The summed E-state index contributed by atoms with van der Waals surface area (Å²) in [5.41, 5.74) is 5.05. The summed E-state index contributed by atoms with van der Waals surface area (Å²) in [6.45, 7) is 3.86. The third-order valence-electron chi connectivity index (χ3n) is 1.86. The largest absolute Gasteiger partial charge is 0.369 e. The zero-order chi connectivity index (χ0) is 10.4. The van der Waals surface area contributed by atoms with Gasteiger partial charge in [-0.3, -0.25) is 9.59 Å². The van der Waals surface area contributed by atoms with Crippen LogP contribution >= 0.6 is 0 Å². The Kier molecular flexibility index (Phi) is 5.06. The minimum Gasteiger partial charge on any atom is -0.369 e. The Hall–Kier alpha value is -1.10. The lowest BCUT2D eigenvalue weighted by Crippen LogP contribution is -2.43. The van der Waals surface area contributed by atoms with Crippen molar-refractivity contribution >= 4 is 11.8 Å². The molecule has 13 heavy (non-hydrogen) atoms. The molecule has 4 N–H and O–H groups in total. The minimum absolute atomic E-state index is 0.100. The first kappa shape index (κ1) is 11.9. The molecule has 0 spiro atoms. The average molecular weight is 187 g/mol. The highest BCUT2D eigenvalue weighted by Crippen LogP contribution is 1.91. The van der Waals surface area contributed by atoms with Crippen LogP contribution < -0.4 is 16.4 Å². The monoisotopic (exact) mass is 187 g/mol. The number of nitrogens with two attached hydrogens (primary N) is 1. The summed E-state index contributed by atoms with van der Waals surface area (Å²) in [7, 11) is 1.57. The molecule has 2 unspecified atom stereocenters. The van der Waals surface area contributed by atoms with Crippen LogP contribution in [0, 0.1) is 5.92 Å². The van der Waals surface area contributed by atoms with Crippen molar-refractivity contribution in [1.29, 1.82) is 0 Å². The number of nitrogens with one attached hydrogen (secondary N) is 2. The van der Waals surface area contributed by atoms with Crippen molar-refractivity contribution in [3.8, 4) is 0 Å². The van der Waals surface area contributed by atoms with Crippen molar-refractivity contribution in [2.45, 2.75) is 19.9 Å². The Bertz CT molecular complexity index is 194. The highest BCUT2D eigenvalue weighted by atomic mass is 16.2. The Morgan fingerprint density at radius 1 is 1.38 bits per heavy atom. The molecule has 0 bridgehead atoms. The molecule has 2 atom stereocenters. The molecule has 0 aromatic rings. The summed E-state index contributed by atoms with van der Waals surface area (Å²) < 4.78 is 0. The third kappa shape index (κ3) is 4.47. The van der Waals surface area contributed by atoms with Crippen LogP contribution in [0.3, 0.4) is 0 Å². The van der Waals surface area contributed by atoms with Gasteiger partial charge >= 0.3 is 0 Å². The van der Waals surface area contributed by atoms with E-state index in [9.17, 15) is 9.59 Å². The minimum atomic E-state index is -0.364. The van der Waals surface area contributed by atoms with Gasteiger partial charge in [0.15, 0.2) is 0 Å². The molecule has 0 fully saturated rings. The van der Waals surface area contributed by atoms with Crippen LogP contribution in [0.5, 0.6) is 0 Å². The standard InChI is InChI=1S/C8H17N3O2/c1-5(7(9)12)4-11-6(2)8(13)10-3/h5-6,11H,4H2,1-3H3,(H2,9,12)(H,10,13). The number of carbonyl (C=O) groups excluding carboxylic acids is 2. The van der Waals surface area contributed by atoms with Crippen molar-refractivity contribution in [3.63, 3.8) is 0 Å². The van der Waals surface area contributed by atoms with E-state index >= 15 is 0 Å². The SMILES string of the molecule is CNC(=O)C(C)NCC(C)C(N)=O. The van der Waals surface area contributed by atoms with Crippen LogP contribution in [0.1, 0.15) is 13.8 Å². The van der Waals surface area contributed by atoms with Crippen molar-refractivity contribution in [1.82, 2.24) is 10.6 Å². The van der Waals surface area contributed by atoms with E-state index in [0.717, 1.165) is 0 Å². The first-order valence-corrected chi connectivity index (χ1v) is 4.23. The van der Waals surface area contributed by atoms with Gasteiger partial charge in [0.25, 0.3) is 0 Å². The maximum absolute atomic E-state index is 11.0. The highest BCUT2D eigenvalue weighted by molar-refractivity contribution is 5.81. The zero-order valence-corrected chi connectivity index (χ0v) is 8.26. The summed E-state index contributed by atoms with van der Waals surface area (Å²) in [5, 5.41) is 5.40. The fourth-order valence-corrected chi connectivity index (χ4v) is 0.763. The Labute approximate surface area is 78.1 Å². The molecule has 0 saturated heterocycles. The van der Waals surface area contributed by atoms with E-state index in [1.54, 1.807) is 20.9 Å². The molecule has 0 aliphatic heterocycles. The predicted octanol–water partition coefficient (Wildman–Crippen LogP) is -1.17. The van der Waals surface area contributed by atoms with Crippen molar-refractivity contribution < 1.29 is 9.59 Å². The summed E-state index contributed by atoms with van der Waals surface area (Å²) in [4.78, 5) is 21.6. The third-order valence-corrected chi connectivity index (χ3v) is 1.86. The second-order valence-electron chi connectivity index (χ2n) is 3.05. The Balaban J connectivity index is 3.76. The van der Waals surface area contributed by atoms with Gasteiger partial charge in [-0.2, -0.15) is 0 Å². The molecule has 76 valence electrons. The van der Waals surface area contributed by atoms with Gasteiger partial charge in [0.2, 0.25) is 11.8 Å². The van der Waals surface area contributed by atoms with Gasteiger partial charge < -0.3 is 16.4 Å². The number of hydrogen-bond donors (Lipinski definition) is 3. The summed E-state index contributed by atoms with van der Waals surface area (Å²) in [5.74, 6) is -0.722. The second kappa shape index (κ2) is 5.53. The molecule has 2 amide bonds. The number of primary amides is 1. The van der Waals surface area contributed by atoms with E-state index in [2.05, 4.69) is 10.6 Å². The van der Waals surface area contributed by atoms with E-state index < -0.39 is 0 Å². The lowest BCUT2D eigenvalue weighted by Gasteiger charge is -2.14. The Morgan fingerprint density at radius 3 is 2.31 bits per heavy atom. The van der Waals surface area contributed by atoms with E-state index in [1.165, 1.54) is 0 Å². The van der Waals surface area contributed by atoms with Crippen LogP contribution in [0.4, 0.5) is 0 Å². The highest BCUT2D eigenvalue weighted by Gasteiger charge is 2.13. The molecule has 5 heteroatoms. The maximum Gasteiger partial charge on any atom is 0.236 e. The van der Waals surface area contributed by atoms with Gasteiger partial charge in [-0.05, 0) is 6.92 Å². The molecule has 0 heterocycles. The lowest BCUT2D eigenvalue weighted by atomic mass is 10.1. The molecule has 0 aliphatic carbocycles. The van der Waals surface area contributed by atoms with Crippen LogP contribution in [-0.2, 0) is 9.59 Å². The van der Waals surface area contributed by atoms with Crippen LogP contribution in [-0.4, -0.2) is 31.4 Å². The molecule has 0 aromatic carbocycles. The average Bonchev–Trinajstić information content (AvgIpc) is 2.11. The first-order valence-electron chi connectivity index (χ1n) is 4.23. The predicted molar refractivity (Wildman–Crippen MR) is 49.9 cm³/mol. The molecule has 0 rings (SSSR count).